The molecule has 1 aromatic carbocycles. The maximum absolute atomic E-state index is 13.0. The molecule has 1 N–H and O–H groups in total. The number of benzene rings is 1. The van der Waals surface area contributed by atoms with Crippen LogP contribution in [0.3, 0.4) is 0 Å². The number of hydrogen-bond acceptors (Lipinski definition) is 6. The van der Waals surface area contributed by atoms with Crippen molar-refractivity contribution < 1.29 is 28.3 Å². The van der Waals surface area contributed by atoms with E-state index >= 15 is 0 Å². The van der Waals surface area contributed by atoms with Crippen molar-refractivity contribution in [3.05, 3.63) is 35.9 Å². The van der Waals surface area contributed by atoms with Crippen molar-refractivity contribution in [3.8, 4) is 0 Å². The van der Waals surface area contributed by atoms with Gasteiger partial charge in [0.05, 0.1) is 12.6 Å². The van der Waals surface area contributed by atoms with E-state index in [2.05, 4.69) is 39.2 Å². The normalized spacial score (nSPS) is 15.6. The molecule has 9 nitrogen and oxygen atoms in total. The van der Waals surface area contributed by atoms with Gasteiger partial charge < -0.3 is 29.0 Å². The molecule has 3 amide bonds. The largest absolute Gasteiger partial charge is 0.445 e. The fraction of sp³-hybridized carbons (Fsp3) is 0.679. The van der Waals surface area contributed by atoms with E-state index in [-0.39, 0.29) is 36.1 Å². The van der Waals surface area contributed by atoms with Gasteiger partial charge in [0.1, 0.15) is 12.2 Å². The van der Waals surface area contributed by atoms with Gasteiger partial charge in [-0.05, 0) is 50.9 Å². The zero-order chi connectivity index (χ0) is 28.6. The van der Waals surface area contributed by atoms with E-state index < -0.39 is 20.0 Å². The summed E-state index contributed by atoms with van der Waals surface area (Å²) in [6.07, 6.45) is -0.196. The van der Waals surface area contributed by atoms with Gasteiger partial charge in [0, 0.05) is 32.6 Å². The van der Waals surface area contributed by atoms with Gasteiger partial charge in [-0.1, -0.05) is 51.1 Å². The number of carbonyl (C=O) groups is 3. The molecular weight excluding hydrogens is 502 g/mol. The first kappa shape index (κ1) is 31.6. The third-order valence-electron chi connectivity index (χ3n) is 6.98. The highest BCUT2D eigenvalue weighted by Gasteiger charge is 2.38. The number of amides is 3. The van der Waals surface area contributed by atoms with E-state index in [0.717, 1.165) is 5.56 Å². The number of piperazine rings is 1. The van der Waals surface area contributed by atoms with Crippen LogP contribution in [0, 0.1) is 0 Å². The van der Waals surface area contributed by atoms with Crippen molar-refractivity contribution in [2.75, 3.05) is 32.8 Å². The van der Waals surface area contributed by atoms with Crippen LogP contribution >= 0.6 is 0 Å². The van der Waals surface area contributed by atoms with E-state index in [9.17, 15) is 14.4 Å². The molecule has 1 fully saturated rings. The number of rotatable bonds is 9. The Morgan fingerprint density at radius 3 is 2.08 bits per heavy atom. The first-order chi connectivity index (χ1) is 17.6. The van der Waals surface area contributed by atoms with Gasteiger partial charge in [0.25, 0.3) is 0 Å². The van der Waals surface area contributed by atoms with Gasteiger partial charge >= 0.3 is 12.2 Å². The van der Waals surface area contributed by atoms with Crippen LogP contribution in [0.5, 0.6) is 0 Å². The molecule has 0 spiro atoms. The molecule has 214 valence electrons. The lowest BCUT2D eigenvalue weighted by atomic mass is 10.1. The Labute approximate surface area is 229 Å². The molecule has 1 atom stereocenters. The minimum atomic E-state index is -2.05. The van der Waals surface area contributed by atoms with Crippen LogP contribution in [0.2, 0.25) is 18.1 Å². The molecule has 0 saturated carbocycles. The summed E-state index contributed by atoms with van der Waals surface area (Å²) in [5.41, 5.74) is 0.346. The van der Waals surface area contributed by atoms with E-state index in [4.69, 9.17) is 13.9 Å². The van der Waals surface area contributed by atoms with Crippen molar-refractivity contribution >= 4 is 26.4 Å². The summed E-state index contributed by atoms with van der Waals surface area (Å²) in [7, 11) is -2.05. The Balaban J connectivity index is 1.91. The molecule has 1 saturated heterocycles. The minimum absolute atomic E-state index is 0.00869. The Bertz CT molecular complexity index is 919. The third-order valence-corrected chi connectivity index (χ3v) is 11.5. The maximum atomic E-state index is 13.0. The summed E-state index contributed by atoms with van der Waals surface area (Å²) in [4.78, 5) is 41.3. The first-order valence-corrected chi connectivity index (χ1v) is 16.3. The zero-order valence-corrected chi connectivity index (χ0v) is 25.5. The molecule has 0 radical (unpaired) electrons. The predicted molar refractivity (Wildman–Crippen MR) is 150 cm³/mol. The standard InChI is InChI=1S/C28H47N3O6Si/c1-27(2,3)37-26(34)31-18-16-30(17-19-31)24(32)15-14-23(21-36-38(7,8)28(4,5)6)29-25(33)35-20-22-12-10-9-11-13-22/h9-13,23H,14-21H2,1-8H3,(H,29,33)/t23-/m0/s1. The lowest BCUT2D eigenvalue weighted by molar-refractivity contribution is -0.133. The molecule has 38 heavy (non-hydrogen) atoms. The van der Waals surface area contributed by atoms with Crippen LogP contribution in [-0.4, -0.2) is 80.6 Å². The second kappa shape index (κ2) is 13.5. The molecule has 0 unspecified atom stereocenters. The Hall–Kier alpha value is -2.59. The van der Waals surface area contributed by atoms with Crippen molar-refractivity contribution in [1.29, 1.82) is 0 Å². The predicted octanol–water partition coefficient (Wildman–Crippen LogP) is 5.16. The lowest BCUT2D eigenvalue weighted by Crippen LogP contribution is -2.52. The summed E-state index contributed by atoms with van der Waals surface area (Å²) in [6.45, 7) is 18.6. The van der Waals surface area contributed by atoms with E-state index in [1.54, 1.807) is 9.80 Å². The van der Waals surface area contributed by atoms with Crippen molar-refractivity contribution in [2.45, 2.75) is 90.8 Å². The second-order valence-corrected chi connectivity index (χ2v) is 17.2. The number of hydrogen-bond donors (Lipinski definition) is 1. The van der Waals surface area contributed by atoms with Crippen molar-refractivity contribution in [2.24, 2.45) is 0 Å². The monoisotopic (exact) mass is 549 g/mol. The molecule has 1 aliphatic heterocycles. The number of carbonyl (C=O) groups excluding carboxylic acids is 3. The Morgan fingerprint density at radius 2 is 1.53 bits per heavy atom. The number of ether oxygens (including phenoxy) is 2. The molecule has 2 rings (SSSR count). The van der Waals surface area contributed by atoms with Gasteiger partial charge in [-0.15, -0.1) is 0 Å². The molecule has 1 aliphatic rings. The van der Waals surface area contributed by atoms with Gasteiger partial charge in [0.2, 0.25) is 5.91 Å². The van der Waals surface area contributed by atoms with Crippen LogP contribution in [0.1, 0.15) is 59.9 Å². The summed E-state index contributed by atoms with van der Waals surface area (Å²) in [5, 5.41) is 2.93. The highest BCUT2D eigenvalue weighted by atomic mass is 28.4. The highest BCUT2D eigenvalue weighted by Crippen LogP contribution is 2.36. The zero-order valence-electron chi connectivity index (χ0n) is 24.5. The Morgan fingerprint density at radius 1 is 0.947 bits per heavy atom. The fourth-order valence-corrected chi connectivity index (χ4v) is 4.63. The van der Waals surface area contributed by atoms with Gasteiger partial charge in [0.15, 0.2) is 8.32 Å². The molecule has 0 aromatic heterocycles. The number of nitrogens with one attached hydrogen (secondary N) is 1. The van der Waals surface area contributed by atoms with Crippen LogP contribution in [0.15, 0.2) is 30.3 Å². The van der Waals surface area contributed by atoms with E-state index in [0.29, 0.717) is 39.2 Å². The SMILES string of the molecule is CC(C)(C)OC(=O)N1CCN(C(=O)CC[C@@H](CO[Si](C)(C)C(C)(C)C)NC(=O)OCc2ccccc2)CC1. The number of nitrogens with zero attached hydrogens (tertiary/aromatic N) is 2. The number of alkyl carbamates (subject to hydrolysis) is 1. The average molecular weight is 550 g/mol. The van der Waals surface area contributed by atoms with Crippen LogP contribution in [-0.2, 0) is 25.3 Å². The lowest BCUT2D eigenvalue weighted by Gasteiger charge is -2.37. The van der Waals surface area contributed by atoms with Gasteiger partial charge in [-0.25, -0.2) is 9.59 Å². The summed E-state index contributed by atoms with van der Waals surface area (Å²) in [6, 6.07) is 9.13. The fourth-order valence-electron chi connectivity index (χ4n) is 3.57. The Kier molecular flexibility index (Phi) is 11.2. The second-order valence-electron chi connectivity index (χ2n) is 12.4. The van der Waals surface area contributed by atoms with Gasteiger partial charge in [-0.2, -0.15) is 0 Å². The highest BCUT2D eigenvalue weighted by molar-refractivity contribution is 6.74. The molecule has 10 heteroatoms. The van der Waals surface area contributed by atoms with E-state index in [1.165, 1.54) is 0 Å². The smallest absolute Gasteiger partial charge is 0.410 e. The van der Waals surface area contributed by atoms with Crippen LogP contribution in [0.4, 0.5) is 9.59 Å². The van der Waals surface area contributed by atoms with E-state index in [1.807, 2.05) is 51.1 Å². The topological polar surface area (TPSA) is 97.4 Å². The van der Waals surface area contributed by atoms with Crippen LogP contribution in [0.25, 0.3) is 0 Å². The van der Waals surface area contributed by atoms with Crippen molar-refractivity contribution in [3.63, 3.8) is 0 Å². The first-order valence-electron chi connectivity index (χ1n) is 13.4. The molecule has 1 heterocycles. The summed E-state index contributed by atoms with van der Waals surface area (Å²) >= 11 is 0. The molecule has 0 bridgehead atoms. The van der Waals surface area contributed by atoms with Crippen LogP contribution < -0.4 is 5.32 Å². The quantitative estimate of drug-likeness (QED) is 0.427. The summed E-state index contributed by atoms with van der Waals surface area (Å²) < 4.78 is 17.2. The average Bonchev–Trinajstić information content (AvgIpc) is 2.83. The minimum Gasteiger partial charge on any atom is -0.445 e. The maximum Gasteiger partial charge on any atom is 0.410 e. The molecule has 0 aliphatic carbocycles. The molecule has 1 aromatic rings. The molecular formula is C28H47N3O6Si. The summed E-state index contributed by atoms with van der Waals surface area (Å²) in [5.74, 6) is -0.00869. The third kappa shape index (κ3) is 10.6. The van der Waals surface area contributed by atoms with Gasteiger partial charge in [-0.3, -0.25) is 4.79 Å². The van der Waals surface area contributed by atoms with Crippen molar-refractivity contribution in [1.82, 2.24) is 15.1 Å².